The van der Waals surface area contributed by atoms with Crippen LogP contribution in [0.2, 0.25) is 0 Å². The van der Waals surface area contributed by atoms with Gasteiger partial charge in [-0.25, -0.2) is 4.98 Å². The summed E-state index contributed by atoms with van der Waals surface area (Å²) < 4.78 is 5.82. The molecule has 0 aliphatic rings. The van der Waals surface area contributed by atoms with E-state index in [4.69, 9.17) is 4.42 Å². The first-order chi connectivity index (χ1) is 10.2. The van der Waals surface area contributed by atoms with Crippen molar-refractivity contribution in [1.82, 2.24) is 15.2 Å². The Morgan fingerprint density at radius 2 is 1.95 bits per heavy atom. The Balaban J connectivity index is 1.68. The van der Waals surface area contributed by atoms with E-state index in [2.05, 4.69) is 41.2 Å². The molecule has 2 aromatic heterocycles. The van der Waals surface area contributed by atoms with Crippen molar-refractivity contribution in [2.75, 3.05) is 0 Å². The molecule has 21 heavy (non-hydrogen) atoms. The van der Waals surface area contributed by atoms with E-state index in [1.807, 2.05) is 30.3 Å². The summed E-state index contributed by atoms with van der Waals surface area (Å²) in [7, 11) is 0. The van der Waals surface area contributed by atoms with E-state index in [9.17, 15) is 0 Å². The molecule has 108 valence electrons. The maximum atomic E-state index is 5.82. The Hall–Kier alpha value is -2.01. The van der Waals surface area contributed by atoms with Gasteiger partial charge in [-0.15, -0.1) is 11.8 Å². The smallest absolute Gasteiger partial charge is 0.216 e. The molecule has 0 aliphatic heterocycles. The van der Waals surface area contributed by atoms with E-state index in [-0.39, 0.29) is 0 Å². The number of nitrogens with zero attached hydrogens (tertiary/aromatic N) is 2. The highest BCUT2D eigenvalue weighted by Crippen LogP contribution is 2.26. The number of aromatic amines is 1. The lowest BCUT2D eigenvalue weighted by molar-refractivity contribution is 0.540. The Bertz CT molecular complexity index is 703. The van der Waals surface area contributed by atoms with Crippen LogP contribution in [0.25, 0.3) is 11.6 Å². The number of aromatic nitrogens is 3. The lowest BCUT2D eigenvalue weighted by Gasteiger charge is -1.98. The Morgan fingerprint density at radius 3 is 2.67 bits per heavy atom. The second kappa shape index (κ2) is 6.18. The maximum absolute atomic E-state index is 5.82. The summed E-state index contributed by atoms with van der Waals surface area (Å²) in [6, 6.07) is 14.2. The molecule has 5 heteroatoms. The molecule has 0 atom stereocenters. The lowest BCUT2D eigenvalue weighted by Crippen LogP contribution is -1.89. The number of hydrogen-bond donors (Lipinski definition) is 1. The van der Waals surface area contributed by atoms with Gasteiger partial charge in [0.1, 0.15) is 11.6 Å². The molecule has 0 saturated carbocycles. The van der Waals surface area contributed by atoms with Crippen molar-refractivity contribution in [3.8, 4) is 11.6 Å². The first-order valence-electron chi connectivity index (χ1n) is 6.91. The van der Waals surface area contributed by atoms with E-state index in [0.29, 0.717) is 17.5 Å². The fraction of sp³-hybridized carbons (Fsp3) is 0.250. The highest BCUT2D eigenvalue weighted by Gasteiger charge is 2.12. The number of benzene rings is 1. The van der Waals surface area contributed by atoms with Crippen LogP contribution in [-0.2, 0) is 5.75 Å². The Morgan fingerprint density at radius 1 is 1.14 bits per heavy atom. The monoisotopic (exact) mass is 299 g/mol. The minimum atomic E-state index is 0.328. The first-order valence-corrected chi connectivity index (χ1v) is 7.90. The van der Waals surface area contributed by atoms with Crippen LogP contribution in [0.15, 0.2) is 51.8 Å². The van der Waals surface area contributed by atoms with Crippen LogP contribution in [0.1, 0.15) is 31.4 Å². The van der Waals surface area contributed by atoms with Gasteiger partial charge >= 0.3 is 0 Å². The molecule has 0 amide bonds. The van der Waals surface area contributed by atoms with Crippen LogP contribution in [0, 0.1) is 0 Å². The summed E-state index contributed by atoms with van der Waals surface area (Å²) >= 11 is 1.75. The van der Waals surface area contributed by atoms with Crippen molar-refractivity contribution in [3.63, 3.8) is 0 Å². The molecule has 0 spiro atoms. The zero-order chi connectivity index (χ0) is 14.7. The van der Waals surface area contributed by atoms with Crippen molar-refractivity contribution in [3.05, 3.63) is 54.0 Å². The SMILES string of the molecule is CC(C)c1nc(-c2ccc(CSc3ccccc3)o2)n[nH]1. The normalized spacial score (nSPS) is 11.2. The molecule has 0 fully saturated rings. The predicted molar refractivity (Wildman–Crippen MR) is 84.2 cm³/mol. The zero-order valence-corrected chi connectivity index (χ0v) is 12.9. The summed E-state index contributed by atoms with van der Waals surface area (Å²) in [6.07, 6.45) is 0. The molecular weight excluding hydrogens is 282 g/mol. The summed E-state index contributed by atoms with van der Waals surface area (Å²) in [5, 5.41) is 7.15. The van der Waals surface area contributed by atoms with Crippen LogP contribution < -0.4 is 0 Å². The van der Waals surface area contributed by atoms with Crippen LogP contribution in [0.4, 0.5) is 0 Å². The van der Waals surface area contributed by atoms with E-state index < -0.39 is 0 Å². The summed E-state index contributed by atoms with van der Waals surface area (Å²) in [5.74, 6) is 4.26. The average molecular weight is 299 g/mol. The van der Waals surface area contributed by atoms with Crippen molar-refractivity contribution in [1.29, 1.82) is 0 Å². The molecule has 1 aromatic carbocycles. The van der Waals surface area contributed by atoms with Gasteiger partial charge in [0.2, 0.25) is 5.82 Å². The second-order valence-electron chi connectivity index (χ2n) is 5.07. The standard InChI is InChI=1S/C16H17N3OS/c1-11(2)15-17-16(19-18-15)14-9-8-12(20-14)10-21-13-6-4-3-5-7-13/h3-9,11H,10H2,1-2H3,(H,17,18,19). The van der Waals surface area contributed by atoms with Crippen molar-refractivity contribution >= 4 is 11.8 Å². The summed E-state index contributed by atoms with van der Waals surface area (Å²) in [6.45, 7) is 4.16. The molecule has 0 bridgehead atoms. The number of nitrogens with one attached hydrogen (secondary N) is 1. The zero-order valence-electron chi connectivity index (χ0n) is 12.0. The molecule has 0 saturated heterocycles. The van der Waals surface area contributed by atoms with Crippen LogP contribution >= 0.6 is 11.8 Å². The molecule has 4 nitrogen and oxygen atoms in total. The van der Waals surface area contributed by atoms with Gasteiger partial charge in [0.15, 0.2) is 5.76 Å². The van der Waals surface area contributed by atoms with Crippen molar-refractivity contribution in [2.45, 2.75) is 30.4 Å². The molecule has 0 unspecified atom stereocenters. The minimum Gasteiger partial charge on any atom is -0.457 e. The Labute approximate surface area is 128 Å². The third-order valence-corrected chi connectivity index (χ3v) is 4.09. The van der Waals surface area contributed by atoms with Gasteiger partial charge in [-0.05, 0) is 24.3 Å². The number of furan rings is 1. The number of thioether (sulfide) groups is 1. The third kappa shape index (κ3) is 3.36. The molecule has 0 radical (unpaired) electrons. The van der Waals surface area contributed by atoms with E-state index in [1.54, 1.807) is 11.8 Å². The molecule has 1 N–H and O–H groups in total. The van der Waals surface area contributed by atoms with Gasteiger partial charge in [-0.3, -0.25) is 5.10 Å². The van der Waals surface area contributed by atoms with Gasteiger partial charge in [0.05, 0.1) is 5.75 Å². The maximum Gasteiger partial charge on any atom is 0.216 e. The number of rotatable bonds is 5. The fourth-order valence-electron chi connectivity index (χ4n) is 1.89. The van der Waals surface area contributed by atoms with Crippen LogP contribution in [0.5, 0.6) is 0 Å². The van der Waals surface area contributed by atoms with E-state index >= 15 is 0 Å². The lowest BCUT2D eigenvalue weighted by atomic mass is 10.2. The quantitative estimate of drug-likeness (QED) is 0.706. The topological polar surface area (TPSA) is 54.7 Å². The van der Waals surface area contributed by atoms with Crippen molar-refractivity contribution < 1.29 is 4.42 Å². The number of H-pyrrole nitrogens is 1. The summed E-state index contributed by atoms with van der Waals surface area (Å²) in [4.78, 5) is 5.68. The largest absolute Gasteiger partial charge is 0.457 e. The molecule has 2 heterocycles. The summed E-state index contributed by atoms with van der Waals surface area (Å²) in [5.41, 5.74) is 0. The van der Waals surface area contributed by atoms with Crippen LogP contribution in [-0.4, -0.2) is 15.2 Å². The molecule has 3 aromatic rings. The average Bonchev–Trinajstić information content (AvgIpc) is 3.15. The fourth-order valence-corrected chi connectivity index (χ4v) is 2.70. The van der Waals surface area contributed by atoms with Gasteiger partial charge in [0, 0.05) is 10.8 Å². The highest BCUT2D eigenvalue weighted by molar-refractivity contribution is 7.98. The van der Waals surface area contributed by atoms with E-state index in [0.717, 1.165) is 17.3 Å². The van der Waals surface area contributed by atoms with Gasteiger partial charge in [-0.2, -0.15) is 5.10 Å². The van der Waals surface area contributed by atoms with Gasteiger partial charge in [0.25, 0.3) is 0 Å². The number of hydrogen-bond acceptors (Lipinski definition) is 4. The van der Waals surface area contributed by atoms with E-state index in [1.165, 1.54) is 4.90 Å². The van der Waals surface area contributed by atoms with Gasteiger partial charge < -0.3 is 4.42 Å². The molecule has 0 aliphatic carbocycles. The highest BCUT2D eigenvalue weighted by atomic mass is 32.2. The van der Waals surface area contributed by atoms with Gasteiger partial charge in [-0.1, -0.05) is 32.0 Å². The third-order valence-electron chi connectivity index (χ3n) is 3.06. The first kappa shape index (κ1) is 13.9. The predicted octanol–water partition coefficient (Wildman–Crippen LogP) is 4.48. The second-order valence-corrected chi connectivity index (χ2v) is 6.12. The molecule has 3 rings (SSSR count). The van der Waals surface area contributed by atoms with Crippen molar-refractivity contribution in [2.24, 2.45) is 0 Å². The molecular formula is C16H17N3OS. The Kier molecular flexibility index (Phi) is 4.10. The van der Waals surface area contributed by atoms with Crippen LogP contribution in [0.3, 0.4) is 0 Å². The minimum absolute atomic E-state index is 0.328.